The minimum absolute atomic E-state index is 0.133. The van der Waals surface area contributed by atoms with Gasteiger partial charge in [0.05, 0.1) is 16.8 Å². The topological polar surface area (TPSA) is 83.5 Å². The van der Waals surface area contributed by atoms with Gasteiger partial charge in [0, 0.05) is 0 Å². The second-order valence-electron chi connectivity index (χ2n) is 2.77. The smallest absolute Gasteiger partial charge is 0.229 e. The molecule has 15 heavy (non-hydrogen) atoms. The molecule has 1 aromatic carbocycles. The zero-order chi connectivity index (χ0) is 11.6. The highest BCUT2D eigenvalue weighted by Gasteiger charge is 2.09. The summed E-state index contributed by atoms with van der Waals surface area (Å²) >= 11 is -2.29. The van der Waals surface area contributed by atoms with E-state index in [-0.39, 0.29) is 10.6 Å². The van der Waals surface area contributed by atoms with Crippen molar-refractivity contribution in [3.05, 3.63) is 24.0 Å². The van der Waals surface area contributed by atoms with Gasteiger partial charge in [0.2, 0.25) is 10.0 Å². The van der Waals surface area contributed by atoms with Crippen molar-refractivity contribution in [3.8, 4) is 0 Å². The summed E-state index contributed by atoms with van der Waals surface area (Å²) in [4.78, 5) is -0.133. The lowest BCUT2D eigenvalue weighted by Gasteiger charge is -2.05. The molecule has 1 atom stereocenters. The number of hydrogen-bond donors (Lipinski definition) is 2. The van der Waals surface area contributed by atoms with Crippen LogP contribution >= 0.6 is 0 Å². The summed E-state index contributed by atoms with van der Waals surface area (Å²) in [6.07, 6.45) is 0.880. The summed E-state index contributed by atoms with van der Waals surface area (Å²) in [5, 5.41) is 0. The SMILES string of the molecule is CS(=O)(=O)Nc1ccc(S(=O)O)cc1F. The summed E-state index contributed by atoms with van der Waals surface area (Å²) in [5.74, 6) is -0.902. The number of nitrogens with one attached hydrogen (secondary N) is 1. The Hall–Kier alpha value is -0.990. The van der Waals surface area contributed by atoms with E-state index in [2.05, 4.69) is 0 Å². The average molecular weight is 253 g/mol. The Morgan fingerprint density at radius 1 is 1.47 bits per heavy atom. The van der Waals surface area contributed by atoms with Gasteiger partial charge in [-0.05, 0) is 18.2 Å². The van der Waals surface area contributed by atoms with Crippen LogP contribution in [0.3, 0.4) is 0 Å². The molecular formula is C7H8FNO4S2. The number of halogens is 1. The predicted molar refractivity (Wildman–Crippen MR) is 53.9 cm³/mol. The van der Waals surface area contributed by atoms with Crippen LogP contribution in [0.5, 0.6) is 0 Å². The molecule has 0 aliphatic carbocycles. The molecule has 2 N–H and O–H groups in total. The molecule has 0 radical (unpaired) electrons. The van der Waals surface area contributed by atoms with E-state index in [0.717, 1.165) is 24.5 Å². The summed E-state index contributed by atoms with van der Waals surface area (Å²) < 4.78 is 55.9. The van der Waals surface area contributed by atoms with Crippen LogP contribution in [0.2, 0.25) is 0 Å². The molecule has 0 heterocycles. The van der Waals surface area contributed by atoms with Crippen molar-refractivity contribution < 1.29 is 21.6 Å². The molecule has 1 rings (SSSR count). The third-order valence-electron chi connectivity index (χ3n) is 1.44. The summed E-state index contributed by atoms with van der Waals surface area (Å²) in [7, 11) is -3.56. The molecule has 1 aromatic rings. The van der Waals surface area contributed by atoms with E-state index in [1.165, 1.54) is 0 Å². The molecule has 0 spiro atoms. The van der Waals surface area contributed by atoms with Crippen LogP contribution in [0.15, 0.2) is 23.1 Å². The monoisotopic (exact) mass is 253 g/mol. The van der Waals surface area contributed by atoms with Gasteiger partial charge >= 0.3 is 0 Å². The van der Waals surface area contributed by atoms with E-state index >= 15 is 0 Å². The molecule has 0 fully saturated rings. The van der Waals surface area contributed by atoms with E-state index in [1.54, 1.807) is 0 Å². The summed E-state index contributed by atoms with van der Waals surface area (Å²) in [5.41, 5.74) is -0.258. The van der Waals surface area contributed by atoms with Crippen molar-refractivity contribution in [3.63, 3.8) is 0 Å². The standard InChI is InChI=1S/C7H8FNO4S2/c1-15(12,13)9-7-3-2-5(14(10)11)4-6(7)8/h2-4,9H,1H3,(H,10,11). The van der Waals surface area contributed by atoms with Crippen LogP contribution in [0.1, 0.15) is 0 Å². The fourth-order valence-corrected chi connectivity index (χ4v) is 1.84. The molecule has 0 aliphatic rings. The van der Waals surface area contributed by atoms with Crippen LogP contribution in [0.25, 0.3) is 0 Å². The molecule has 0 bridgehead atoms. The van der Waals surface area contributed by atoms with Crippen LogP contribution in [-0.2, 0) is 21.1 Å². The maximum absolute atomic E-state index is 13.2. The van der Waals surface area contributed by atoms with Gasteiger partial charge in [-0.1, -0.05) is 0 Å². The van der Waals surface area contributed by atoms with E-state index in [4.69, 9.17) is 4.55 Å². The van der Waals surface area contributed by atoms with Crippen molar-refractivity contribution in [2.45, 2.75) is 4.90 Å². The van der Waals surface area contributed by atoms with Crippen molar-refractivity contribution >= 4 is 26.8 Å². The highest BCUT2D eigenvalue weighted by molar-refractivity contribution is 7.92. The maximum Gasteiger partial charge on any atom is 0.229 e. The number of anilines is 1. The van der Waals surface area contributed by atoms with Crippen molar-refractivity contribution in [1.82, 2.24) is 0 Å². The first-order chi connectivity index (χ1) is 6.79. The van der Waals surface area contributed by atoms with Gasteiger partial charge in [-0.25, -0.2) is 17.0 Å². The van der Waals surface area contributed by atoms with Gasteiger partial charge in [0.15, 0.2) is 11.1 Å². The predicted octanol–water partition coefficient (Wildman–Crippen LogP) is 0.778. The van der Waals surface area contributed by atoms with Gasteiger partial charge in [0.1, 0.15) is 5.82 Å². The lowest BCUT2D eigenvalue weighted by atomic mass is 10.3. The Morgan fingerprint density at radius 3 is 2.47 bits per heavy atom. The fourth-order valence-electron chi connectivity index (χ4n) is 0.887. The van der Waals surface area contributed by atoms with E-state index < -0.39 is 26.9 Å². The minimum Gasteiger partial charge on any atom is -0.302 e. The lowest BCUT2D eigenvalue weighted by Crippen LogP contribution is -2.11. The average Bonchev–Trinajstić information content (AvgIpc) is 2.05. The van der Waals surface area contributed by atoms with E-state index in [1.807, 2.05) is 4.72 Å². The molecule has 0 saturated carbocycles. The van der Waals surface area contributed by atoms with Crippen molar-refractivity contribution in [1.29, 1.82) is 0 Å². The number of benzene rings is 1. The quantitative estimate of drug-likeness (QED) is 0.780. The Morgan fingerprint density at radius 2 is 2.07 bits per heavy atom. The molecule has 84 valence electrons. The molecule has 0 aromatic heterocycles. The third-order valence-corrected chi connectivity index (χ3v) is 2.69. The first-order valence-electron chi connectivity index (χ1n) is 3.68. The highest BCUT2D eigenvalue weighted by atomic mass is 32.2. The largest absolute Gasteiger partial charge is 0.302 e. The normalized spacial score (nSPS) is 13.5. The lowest BCUT2D eigenvalue weighted by molar-refractivity contribution is 0.562. The number of hydrogen-bond acceptors (Lipinski definition) is 3. The second kappa shape index (κ2) is 4.25. The number of rotatable bonds is 3. The van der Waals surface area contributed by atoms with Crippen LogP contribution in [0.4, 0.5) is 10.1 Å². The molecule has 5 nitrogen and oxygen atoms in total. The minimum atomic E-state index is -3.56. The zero-order valence-corrected chi connectivity index (χ0v) is 9.23. The van der Waals surface area contributed by atoms with Crippen molar-refractivity contribution in [2.24, 2.45) is 0 Å². The van der Waals surface area contributed by atoms with Gasteiger partial charge < -0.3 is 4.55 Å². The first kappa shape index (κ1) is 12.1. The first-order valence-corrected chi connectivity index (χ1v) is 6.67. The molecule has 0 amide bonds. The zero-order valence-electron chi connectivity index (χ0n) is 7.60. The Labute approximate surface area is 88.7 Å². The summed E-state index contributed by atoms with van der Waals surface area (Å²) in [6, 6.07) is 3.04. The van der Waals surface area contributed by atoms with Gasteiger partial charge in [0.25, 0.3) is 0 Å². The Bertz CT molecular complexity index is 500. The van der Waals surface area contributed by atoms with Crippen LogP contribution in [0, 0.1) is 5.82 Å². The van der Waals surface area contributed by atoms with Crippen LogP contribution in [-0.4, -0.2) is 23.4 Å². The fraction of sp³-hybridized carbons (Fsp3) is 0.143. The Kier molecular flexibility index (Phi) is 3.42. The van der Waals surface area contributed by atoms with Gasteiger partial charge in [-0.2, -0.15) is 0 Å². The Balaban J connectivity index is 3.09. The molecular weight excluding hydrogens is 245 g/mol. The highest BCUT2D eigenvalue weighted by Crippen LogP contribution is 2.18. The van der Waals surface area contributed by atoms with E-state index in [9.17, 15) is 17.0 Å². The summed E-state index contributed by atoms with van der Waals surface area (Å²) in [6.45, 7) is 0. The van der Waals surface area contributed by atoms with E-state index in [0.29, 0.717) is 0 Å². The van der Waals surface area contributed by atoms with Gasteiger partial charge in [-0.3, -0.25) is 4.72 Å². The van der Waals surface area contributed by atoms with Crippen molar-refractivity contribution in [2.75, 3.05) is 11.0 Å². The molecule has 8 heteroatoms. The number of sulfonamides is 1. The molecule has 1 unspecified atom stereocenters. The third kappa shape index (κ3) is 3.57. The van der Waals surface area contributed by atoms with Gasteiger partial charge in [-0.15, -0.1) is 0 Å². The second-order valence-corrected chi connectivity index (χ2v) is 5.48. The molecule has 0 saturated heterocycles. The molecule has 0 aliphatic heterocycles. The maximum atomic E-state index is 13.2. The van der Waals surface area contributed by atoms with Crippen LogP contribution < -0.4 is 4.72 Å².